The Morgan fingerprint density at radius 1 is 1.27 bits per heavy atom. The summed E-state index contributed by atoms with van der Waals surface area (Å²) in [4.78, 5) is 0. The zero-order chi connectivity index (χ0) is 8.27. The second kappa shape index (κ2) is 4.01. The molecule has 0 atom stereocenters. The van der Waals surface area contributed by atoms with E-state index in [1.807, 2.05) is 0 Å². The molecular formula is C9H10SSe. The fourth-order valence-corrected chi connectivity index (χ4v) is 1.72. The summed E-state index contributed by atoms with van der Waals surface area (Å²) in [6.07, 6.45) is 0. The first-order valence-corrected chi connectivity index (χ1v) is 6.37. The van der Waals surface area contributed by atoms with Gasteiger partial charge in [-0.15, -0.1) is 0 Å². The summed E-state index contributed by atoms with van der Waals surface area (Å²) in [5.41, 5.74) is 2.51. The molecule has 0 nitrogen and oxygen atoms in total. The van der Waals surface area contributed by atoms with Gasteiger partial charge in [-0.05, 0) is 0 Å². The van der Waals surface area contributed by atoms with Gasteiger partial charge in [-0.2, -0.15) is 0 Å². The maximum atomic E-state index is 5.19. The fraction of sp³-hybridized carbons (Fsp3) is 0.222. The Hall–Kier alpha value is -0.171. The molecule has 0 saturated carbocycles. The minimum absolute atomic E-state index is 0.463. The van der Waals surface area contributed by atoms with Crippen molar-refractivity contribution in [2.24, 2.45) is 0 Å². The van der Waals surface area contributed by atoms with Crippen molar-refractivity contribution < 1.29 is 0 Å². The predicted molar refractivity (Wildman–Crippen MR) is 54.5 cm³/mol. The van der Waals surface area contributed by atoms with E-state index >= 15 is 0 Å². The molecule has 1 aromatic carbocycles. The standard InChI is InChI=1S/C9H10SSe/c1-7-3-5-8(6-4-7)9(10)11-2/h3-6H,1-2H3. The normalized spacial score (nSPS) is 9.64. The van der Waals surface area contributed by atoms with Crippen molar-refractivity contribution >= 4 is 30.9 Å². The van der Waals surface area contributed by atoms with E-state index in [9.17, 15) is 0 Å². The zero-order valence-electron chi connectivity index (χ0n) is 6.63. The van der Waals surface area contributed by atoms with E-state index in [0.29, 0.717) is 15.0 Å². The molecule has 0 bridgehead atoms. The van der Waals surface area contributed by atoms with Crippen LogP contribution < -0.4 is 0 Å². The van der Waals surface area contributed by atoms with E-state index in [1.54, 1.807) is 0 Å². The molecule has 0 spiro atoms. The molecule has 2 heteroatoms. The van der Waals surface area contributed by atoms with E-state index in [2.05, 4.69) is 37.0 Å². The second-order valence-corrected chi connectivity index (χ2v) is 5.06. The molecule has 0 unspecified atom stereocenters. The number of aryl methyl sites for hydroxylation is 1. The average molecular weight is 229 g/mol. The van der Waals surface area contributed by atoms with Gasteiger partial charge in [0.15, 0.2) is 0 Å². The van der Waals surface area contributed by atoms with Crippen molar-refractivity contribution in [3.63, 3.8) is 0 Å². The van der Waals surface area contributed by atoms with Crippen LogP contribution in [0.3, 0.4) is 0 Å². The second-order valence-electron chi connectivity index (χ2n) is 2.36. The van der Waals surface area contributed by atoms with Gasteiger partial charge in [0.05, 0.1) is 0 Å². The van der Waals surface area contributed by atoms with E-state index in [1.165, 1.54) is 11.1 Å². The van der Waals surface area contributed by atoms with Crippen molar-refractivity contribution in [3.05, 3.63) is 35.4 Å². The van der Waals surface area contributed by atoms with Gasteiger partial charge in [-0.25, -0.2) is 0 Å². The number of rotatable bonds is 2. The van der Waals surface area contributed by atoms with E-state index < -0.39 is 0 Å². The Labute approximate surface area is 79.2 Å². The van der Waals surface area contributed by atoms with Gasteiger partial charge in [-0.1, -0.05) is 0 Å². The summed E-state index contributed by atoms with van der Waals surface area (Å²) < 4.78 is 1.11. The predicted octanol–water partition coefficient (Wildman–Crippen LogP) is 2.42. The molecule has 0 heterocycles. The van der Waals surface area contributed by atoms with Crippen molar-refractivity contribution in [1.29, 1.82) is 0 Å². The maximum absolute atomic E-state index is 5.19. The molecule has 0 N–H and O–H groups in total. The van der Waals surface area contributed by atoms with Gasteiger partial charge in [0.2, 0.25) is 0 Å². The van der Waals surface area contributed by atoms with Crippen molar-refractivity contribution in [3.8, 4) is 0 Å². The van der Waals surface area contributed by atoms with Gasteiger partial charge < -0.3 is 0 Å². The summed E-state index contributed by atoms with van der Waals surface area (Å²) in [7, 11) is 0. The van der Waals surface area contributed by atoms with Crippen LogP contribution in [0.2, 0.25) is 5.82 Å². The Kier molecular flexibility index (Phi) is 3.25. The molecule has 0 aromatic heterocycles. The minimum atomic E-state index is 0.463. The summed E-state index contributed by atoms with van der Waals surface area (Å²) in [5, 5.41) is 0. The summed E-state index contributed by atoms with van der Waals surface area (Å²) in [5.74, 6) is 2.15. The Balaban J connectivity index is 2.90. The molecule has 0 saturated heterocycles. The van der Waals surface area contributed by atoms with Gasteiger partial charge >= 0.3 is 79.1 Å². The molecule has 0 amide bonds. The zero-order valence-corrected chi connectivity index (χ0v) is 9.16. The molecule has 0 fully saturated rings. The monoisotopic (exact) mass is 230 g/mol. The molecule has 0 radical (unpaired) electrons. The molecule has 11 heavy (non-hydrogen) atoms. The summed E-state index contributed by atoms with van der Waals surface area (Å²) in [6.45, 7) is 2.09. The topological polar surface area (TPSA) is 0 Å². The number of hydrogen-bond acceptors (Lipinski definition) is 1. The van der Waals surface area contributed by atoms with Crippen LogP contribution >= 0.6 is 12.2 Å². The Bertz CT molecular complexity index is 251. The first-order chi connectivity index (χ1) is 5.24. The van der Waals surface area contributed by atoms with Gasteiger partial charge in [-0.3, -0.25) is 0 Å². The third kappa shape index (κ3) is 2.40. The van der Waals surface area contributed by atoms with E-state index in [4.69, 9.17) is 12.2 Å². The fourth-order valence-electron chi connectivity index (χ4n) is 0.807. The van der Waals surface area contributed by atoms with Crippen LogP contribution in [0, 0.1) is 6.92 Å². The summed E-state index contributed by atoms with van der Waals surface area (Å²) >= 11 is 5.66. The van der Waals surface area contributed by atoms with Crippen LogP contribution in [0.1, 0.15) is 11.1 Å². The first kappa shape index (κ1) is 8.92. The Morgan fingerprint density at radius 2 is 1.82 bits per heavy atom. The number of thiocarbonyl (C=S) groups is 1. The van der Waals surface area contributed by atoms with Crippen LogP contribution in [0.5, 0.6) is 0 Å². The van der Waals surface area contributed by atoms with Gasteiger partial charge in [0.1, 0.15) is 0 Å². The Morgan fingerprint density at radius 3 is 2.27 bits per heavy atom. The number of benzene rings is 1. The van der Waals surface area contributed by atoms with Crippen LogP contribution in [-0.4, -0.2) is 18.7 Å². The summed E-state index contributed by atoms with van der Waals surface area (Å²) in [6, 6.07) is 8.41. The number of hydrogen-bond donors (Lipinski definition) is 0. The van der Waals surface area contributed by atoms with Crippen LogP contribution in [-0.2, 0) is 0 Å². The van der Waals surface area contributed by atoms with Crippen LogP contribution in [0.15, 0.2) is 24.3 Å². The first-order valence-electron chi connectivity index (χ1n) is 3.39. The average Bonchev–Trinajstić information content (AvgIpc) is 2.05. The quantitative estimate of drug-likeness (QED) is 0.554. The van der Waals surface area contributed by atoms with Crippen molar-refractivity contribution in [2.45, 2.75) is 12.7 Å². The molecular weight excluding hydrogens is 219 g/mol. The van der Waals surface area contributed by atoms with Gasteiger partial charge in [0.25, 0.3) is 0 Å². The molecule has 58 valence electrons. The molecule has 1 rings (SSSR count). The van der Waals surface area contributed by atoms with Crippen molar-refractivity contribution in [2.75, 3.05) is 0 Å². The SMILES string of the molecule is C[Se]C(=S)c1ccc(C)cc1. The van der Waals surface area contributed by atoms with E-state index in [0.717, 1.165) is 3.76 Å². The van der Waals surface area contributed by atoms with Gasteiger partial charge in [0, 0.05) is 0 Å². The van der Waals surface area contributed by atoms with Crippen molar-refractivity contribution in [1.82, 2.24) is 0 Å². The molecule has 0 aliphatic rings. The molecule has 0 aliphatic heterocycles. The van der Waals surface area contributed by atoms with Crippen LogP contribution in [0.4, 0.5) is 0 Å². The third-order valence-electron chi connectivity index (χ3n) is 1.47. The van der Waals surface area contributed by atoms with Crippen LogP contribution in [0.25, 0.3) is 0 Å². The van der Waals surface area contributed by atoms with E-state index in [-0.39, 0.29) is 0 Å². The molecule has 0 aliphatic carbocycles. The molecule has 1 aromatic rings. The third-order valence-corrected chi connectivity index (χ3v) is 3.85.